The van der Waals surface area contributed by atoms with E-state index >= 15 is 0 Å². The van der Waals surface area contributed by atoms with Crippen LogP contribution in [0.5, 0.6) is 11.5 Å². The normalized spacial score (nSPS) is 18.4. The van der Waals surface area contributed by atoms with Gasteiger partial charge in [0.25, 0.3) is 0 Å². The Bertz CT molecular complexity index is 2580. The molecule has 8 aromatic rings. The summed E-state index contributed by atoms with van der Waals surface area (Å²) in [5.41, 5.74) is 12.9. The van der Waals surface area contributed by atoms with Gasteiger partial charge in [0.15, 0.2) is 0 Å². The van der Waals surface area contributed by atoms with Crippen LogP contribution >= 0.6 is 0 Å². The van der Waals surface area contributed by atoms with Gasteiger partial charge in [0.05, 0.1) is 5.41 Å². The summed E-state index contributed by atoms with van der Waals surface area (Å²) < 4.78 is 6.58. The second kappa shape index (κ2) is 10.9. The summed E-state index contributed by atoms with van der Waals surface area (Å²) in [5.74, 6) is 1.82. The molecule has 2 atom stereocenters. The van der Waals surface area contributed by atoms with Gasteiger partial charge in [0.1, 0.15) is 11.5 Å². The van der Waals surface area contributed by atoms with Crippen LogP contribution in [0.2, 0.25) is 0 Å². The van der Waals surface area contributed by atoms with Crippen molar-refractivity contribution >= 4 is 10.8 Å². The SMILES string of the molecule is CC1(c2ccccc2)c2ccccc2Oc2ccc(-c3cccc(C4(c5ccccc5)c5ccccc5-c5cc6ccccc6cc54)c3)cc21. The number of para-hydroxylation sites is 1. The van der Waals surface area contributed by atoms with Crippen LogP contribution in [0.4, 0.5) is 0 Å². The highest BCUT2D eigenvalue weighted by Crippen LogP contribution is 2.57. The van der Waals surface area contributed by atoms with Gasteiger partial charge in [-0.25, -0.2) is 0 Å². The Morgan fingerprint density at radius 2 is 0.960 bits per heavy atom. The van der Waals surface area contributed by atoms with Gasteiger partial charge in [-0.3, -0.25) is 0 Å². The highest BCUT2D eigenvalue weighted by Gasteiger charge is 2.46. The first-order chi connectivity index (χ1) is 24.7. The van der Waals surface area contributed by atoms with Crippen LogP contribution in [0.15, 0.2) is 188 Å². The fourth-order valence-electron chi connectivity index (χ4n) is 8.88. The Hall–Kier alpha value is -6.18. The van der Waals surface area contributed by atoms with Crippen LogP contribution in [0, 0.1) is 0 Å². The van der Waals surface area contributed by atoms with E-state index in [0.29, 0.717) is 0 Å². The molecule has 1 aliphatic carbocycles. The third-order valence-electron chi connectivity index (χ3n) is 11.3. The van der Waals surface area contributed by atoms with E-state index < -0.39 is 5.41 Å². The third-order valence-corrected chi connectivity index (χ3v) is 11.3. The molecule has 1 nitrogen and oxygen atoms in total. The fourth-order valence-corrected chi connectivity index (χ4v) is 8.88. The third kappa shape index (κ3) is 4.01. The molecule has 0 spiro atoms. The number of fused-ring (bicyclic) bond motifs is 6. The molecule has 0 N–H and O–H groups in total. The Morgan fingerprint density at radius 3 is 1.76 bits per heavy atom. The predicted octanol–water partition coefficient (Wildman–Crippen LogP) is 12.3. The Morgan fingerprint density at radius 1 is 0.360 bits per heavy atom. The lowest BCUT2D eigenvalue weighted by molar-refractivity contribution is 0.427. The molecule has 0 radical (unpaired) electrons. The first kappa shape index (κ1) is 28.8. The van der Waals surface area contributed by atoms with E-state index in [-0.39, 0.29) is 5.41 Å². The smallest absolute Gasteiger partial charge is 0.131 e. The Labute approximate surface area is 293 Å². The zero-order chi connectivity index (χ0) is 33.3. The number of benzene rings is 8. The second-order valence-corrected chi connectivity index (χ2v) is 13.8. The molecule has 0 amide bonds. The molecule has 1 heterocycles. The van der Waals surface area contributed by atoms with Gasteiger partial charge in [0.2, 0.25) is 0 Å². The molecule has 10 rings (SSSR count). The maximum absolute atomic E-state index is 6.58. The summed E-state index contributed by atoms with van der Waals surface area (Å²) in [4.78, 5) is 0. The van der Waals surface area contributed by atoms with E-state index in [0.717, 1.165) is 11.5 Å². The largest absolute Gasteiger partial charge is 0.457 e. The quantitative estimate of drug-likeness (QED) is 0.186. The molecule has 0 fully saturated rings. The van der Waals surface area contributed by atoms with Crippen LogP contribution in [0.25, 0.3) is 33.0 Å². The Kier molecular flexibility index (Phi) is 6.29. The van der Waals surface area contributed by atoms with Crippen molar-refractivity contribution in [1.82, 2.24) is 0 Å². The summed E-state index contributed by atoms with van der Waals surface area (Å²) >= 11 is 0. The van der Waals surface area contributed by atoms with Crippen LogP contribution in [-0.2, 0) is 10.8 Å². The molecular weight excluding hydrogens is 605 g/mol. The van der Waals surface area contributed by atoms with E-state index in [9.17, 15) is 0 Å². The van der Waals surface area contributed by atoms with Gasteiger partial charge < -0.3 is 4.74 Å². The molecular formula is C49H34O. The molecule has 0 saturated carbocycles. The van der Waals surface area contributed by atoms with Crippen LogP contribution < -0.4 is 4.74 Å². The first-order valence-corrected chi connectivity index (χ1v) is 17.4. The van der Waals surface area contributed by atoms with E-state index in [1.54, 1.807) is 0 Å². The van der Waals surface area contributed by atoms with E-state index in [1.807, 2.05) is 0 Å². The van der Waals surface area contributed by atoms with Crippen molar-refractivity contribution in [1.29, 1.82) is 0 Å². The summed E-state index contributed by atoms with van der Waals surface area (Å²) in [6.07, 6.45) is 0. The minimum absolute atomic E-state index is 0.380. The highest BCUT2D eigenvalue weighted by molar-refractivity contribution is 5.96. The zero-order valence-corrected chi connectivity index (χ0v) is 27.8. The number of ether oxygens (including phenoxy) is 1. The van der Waals surface area contributed by atoms with Gasteiger partial charge in [-0.05, 0) is 104 Å². The maximum Gasteiger partial charge on any atom is 0.131 e. The molecule has 50 heavy (non-hydrogen) atoms. The van der Waals surface area contributed by atoms with Gasteiger partial charge >= 0.3 is 0 Å². The van der Waals surface area contributed by atoms with Crippen molar-refractivity contribution in [2.45, 2.75) is 17.8 Å². The average molecular weight is 639 g/mol. The molecule has 8 aromatic carbocycles. The van der Waals surface area contributed by atoms with Crippen molar-refractivity contribution in [3.8, 4) is 33.8 Å². The minimum atomic E-state index is -0.484. The molecule has 0 saturated heterocycles. The lowest BCUT2D eigenvalue weighted by Gasteiger charge is -2.38. The van der Waals surface area contributed by atoms with Crippen LogP contribution in [0.1, 0.15) is 45.9 Å². The maximum atomic E-state index is 6.58. The van der Waals surface area contributed by atoms with Gasteiger partial charge in [0, 0.05) is 16.5 Å². The fraction of sp³-hybridized carbons (Fsp3) is 0.0612. The van der Waals surface area contributed by atoms with Gasteiger partial charge in [-0.2, -0.15) is 0 Å². The lowest BCUT2D eigenvalue weighted by atomic mass is 9.67. The molecule has 1 aliphatic heterocycles. The Balaban J connectivity index is 1.21. The monoisotopic (exact) mass is 638 g/mol. The number of hydrogen-bond acceptors (Lipinski definition) is 1. The first-order valence-electron chi connectivity index (χ1n) is 17.4. The second-order valence-electron chi connectivity index (χ2n) is 13.8. The summed E-state index contributed by atoms with van der Waals surface area (Å²) in [7, 11) is 0. The van der Waals surface area contributed by atoms with Gasteiger partial charge in [-0.1, -0.05) is 152 Å². The minimum Gasteiger partial charge on any atom is -0.457 e. The summed E-state index contributed by atoms with van der Waals surface area (Å²) in [6, 6.07) is 68.9. The molecule has 1 heteroatoms. The zero-order valence-electron chi connectivity index (χ0n) is 27.8. The standard InChI is InChI=1S/C49H34O/c1-48(37-18-4-2-5-19-37)43-25-12-13-26-46(43)50-47-28-27-36(32-45(47)48)33-17-14-22-39(29-33)49(38-20-6-3-7-21-38)42-24-11-10-23-40(42)41-30-34-15-8-9-16-35(34)31-44(41)49/h2-32H,1H3. The average Bonchev–Trinajstić information content (AvgIpc) is 3.47. The molecule has 0 bridgehead atoms. The number of rotatable bonds is 4. The topological polar surface area (TPSA) is 9.23 Å². The molecule has 2 aliphatic rings. The predicted molar refractivity (Wildman–Crippen MR) is 205 cm³/mol. The highest BCUT2D eigenvalue weighted by atomic mass is 16.5. The molecule has 2 unspecified atom stereocenters. The summed E-state index contributed by atoms with van der Waals surface area (Å²) in [5, 5.41) is 2.52. The van der Waals surface area contributed by atoms with Crippen molar-refractivity contribution in [3.05, 3.63) is 227 Å². The van der Waals surface area contributed by atoms with E-state index in [4.69, 9.17) is 4.74 Å². The van der Waals surface area contributed by atoms with Crippen molar-refractivity contribution in [2.75, 3.05) is 0 Å². The van der Waals surface area contributed by atoms with E-state index in [2.05, 4.69) is 195 Å². The molecule has 0 aromatic heterocycles. The van der Waals surface area contributed by atoms with Crippen LogP contribution in [0.3, 0.4) is 0 Å². The summed E-state index contributed by atoms with van der Waals surface area (Å²) in [6.45, 7) is 2.34. The van der Waals surface area contributed by atoms with Crippen LogP contribution in [-0.4, -0.2) is 0 Å². The van der Waals surface area contributed by atoms with Crippen molar-refractivity contribution < 1.29 is 4.74 Å². The molecule has 236 valence electrons. The van der Waals surface area contributed by atoms with Gasteiger partial charge in [-0.15, -0.1) is 0 Å². The van der Waals surface area contributed by atoms with Crippen molar-refractivity contribution in [3.63, 3.8) is 0 Å². The lowest BCUT2D eigenvalue weighted by Crippen LogP contribution is -2.29. The van der Waals surface area contributed by atoms with E-state index in [1.165, 1.54) is 72.0 Å². The van der Waals surface area contributed by atoms with Crippen molar-refractivity contribution in [2.24, 2.45) is 0 Å². The number of hydrogen-bond donors (Lipinski definition) is 0.